The third-order valence-electron chi connectivity index (χ3n) is 6.58. The number of nitriles is 1. The molecule has 1 aliphatic heterocycles. The monoisotopic (exact) mass is 527 g/mol. The molecule has 2 aromatic heterocycles. The number of pyridine rings is 1. The van der Waals surface area contributed by atoms with Gasteiger partial charge in [-0.05, 0) is 55.0 Å². The van der Waals surface area contributed by atoms with Crippen LogP contribution >= 0.6 is 0 Å². The predicted octanol–water partition coefficient (Wildman–Crippen LogP) is 3.84. The van der Waals surface area contributed by atoms with Crippen LogP contribution in [0.3, 0.4) is 0 Å². The zero-order valence-electron chi connectivity index (χ0n) is 20.9. The molecule has 0 radical (unpaired) electrons. The molecule has 3 heterocycles. The Hall–Kier alpha value is -5.24. The van der Waals surface area contributed by atoms with E-state index in [2.05, 4.69) is 15.6 Å². The van der Waals surface area contributed by atoms with E-state index in [-0.39, 0.29) is 24.4 Å². The Bertz CT molecular complexity index is 1680. The van der Waals surface area contributed by atoms with Crippen molar-refractivity contribution in [3.8, 4) is 23.1 Å². The number of fused-ring (bicyclic) bond motifs is 2. The van der Waals surface area contributed by atoms with E-state index in [4.69, 9.17) is 14.4 Å². The lowest BCUT2D eigenvalue weighted by Gasteiger charge is -2.32. The highest BCUT2D eigenvalue weighted by Crippen LogP contribution is 2.33. The molecule has 2 N–H and O–H groups in total. The van der Waals surface area contributed by atoms with Crippen LogP contribution < -0.4 is 15.4 Å². The van der Waals surface area contributed by atoms with Gasteiger partial charge in [0.1, 0.15) is 34.5 Å². The van der Waals surface area contributed by atoms with Crippen LogP contribution in [0, 0.1) is 17.1 Å². The molecule has 10 nitrogen and oxygen atoms in total. The van der Waals surface area contributed by atoms with Crippen LogP contribution in [0.25, 0.3) is 22.4 Å². The Kier molecular flexibility index (Phi) is 6.45. The summed E-state index contributed by atoms with van der Waals surface area (Å²) in [7, 11) is 1.52. The highest BCUT2D eigenvalue weighted by atomic mass is 19.1. The second-order valence-corrected chi connectivity index (χ2v) is 9.23. The first-order chi connectivity index (χ1) is 18.7. The molecular weight excluding hydrogens is 505 g/mol. The minimum atomic E-state index is -1.26. The molecule has 0 unspecified atom stereocenters. The molecule has 0 bridgehead atoms. The SMILES string of the molecule is COc1ccc2c(c1)C(=O)N(C[C@](C)(NC(=O)NC=O)c1cc3nc(-c4ccc(F)c(C#N)c4)ccc3o1)C2. The molecule has 2 aromatic carbocycles. The Morgan fingerprint density at radius 2 is 2.08 bits per heavy atom. The van der Waals surface area contributed by atoms with Crippen LogP contribution in [0.5, 0.6) is 5.75 Å². The molecule has 196 valence electrons. The number of hydrogen-bond donors (Lipinski definition) is 2. The number of carbonyl (C=O) groups excluding carboxylic acids is 3. The summed E-state index contributed by atoms with van der Waals surface area (Å²) in [5.41, 5.74) is 1.82. The number of methoxy groups -OCH3 is 1. The van der Waals surface area contributed by atoms with Gasteiger partial charge in [0.2, 0.25) is 6.41 Å². The van der Waals surface area contributed by atoms with Gasteiger partial charge in [0.25, 0.3) is 5.91 Å². The van der Waals surface area contributed by atoms with Crippen molar-refractivity contribution in [2.24, 2.45) is 0 Å². The number of furan rings is 1. The van der Waals surface area contributed by atoms with Crippen molar-refractivity contribution in [1.82, 2.24) is 20.5 Å². The van der Waals surface area contributed by atoms with E-state index >= 15 is 0 Å². The van der Waals surface area contributed by atoms with Crippen LogP contribution in [0.2, 0.25) is 0 Å². The van der Waals surface area contributed by atoms with Crippen molar-refractivity contribution in [3.63, 3.8) is 0 Å². The lowest BCUT2D eigenvalue weighted by molar-refractivity contribution is -0.108. The van der Waals surface area contributed by atoms with Crippen molar-refractivity contribution < 1.29 is 27.9 Å². The maximum atomic E-state index is 13.8. The van der Waals surface area contributed by atoms with Gasteiger partial charge in [0, 0.05) is 23.7 Å². The minimum absolute atomic E-state index is 0.0191. The topological polar surface area (TPSA) is 138 Å². The summed E-state index contributed by atoms with van der Waals surface area (Å²) in [5.74, 6) is -0.0203. The van der Waals surface area contributed by atoms with Crippen LogP contribution in [-0.4, -0.2) is 41.9 Å². The number of amides is 4. The quantitative estimate of drug-likeness (QED) is 0.348. The summed E-state index contributed by atoms with van der Waals surface area (Å²) in [4.78, 5) is 42.7. The molecule has 1 aliphatic rings. The zero-order chi connectivity index (χ0) is 27.7. The van der Waals surface area contributed by atoms with Crippen molar-refractivity contribution in [2.45, 2.75) is 19.0 Å². The lowest BCUT2D eigenvalue weighted by atomic mass is 9.98. The third kappa shape index (κ3) is 4.75. The van der Waals surface area contributed by atoms with Crippen LogP contribution in [0.4, 0.5) is 9.18 Å². The second-order valence-electron chi connectivity index (χ2n) is 9.23. The maximum Gasteiger partial charge on any atom is 0.322 e. The minimum Gasteiger partial charge on any atom is -0.497 e. The molecule has 4 amide bonds. The van der Waals surface area contributed by atoms with Crippen molar-refractivity contribution in [3.05, 3.63) is 82.9 Å². The Balaban J connectivity index is 1.50. The first-order valence-corrected chi connectivity index (χ1v) is 11.8. The standard InChI is InChI=1S/C28H22FN5O5/c1-28(33-27(37)31-15-35,14-34-13-17-3-5-19(38-2)10-20(17)26(34)36)25-11-23-24(39-25)8-7-22(32-23)16-4-6-21(29)18(9-16)12-30/h3-11,15H,13-14H2,1-2H3,(H2,31,33,35,37)/t28-/m0/s1. The molecule has 4 aromatic rings. The predicted molar refractivity (Wildman–Crippen MR) is 137 cm³/mol. The fourth-order valence-corrected chi connectivity index (χ4v) is 4.62. The molecule has 1 atom stereocenters. The largest absolute Gasteiger partial charge is 0.497 e. The summed E-state index contributed by atoms with van der Waals surface area (Å²) >= 11 is 0. The number of imide groups is 1. The molecule has 0 saturated heterocycles. The highest BCUT2D eigenvalue weighted by molar-refractivity contribution is 5.99. The number of nitrogens with one attached hydrogen (secondary N) is 2. The van der Waals surface area contributed by atoms with E-state index in [1.165, 1.54) is 25.3 Å². The molecule has 0 saturated carbocycles. The van der Waals surface area contributed by atoms with Gasteiger partial charge in [-0.15, -0.1) is 0 Å². The van der Waals surface area contributed by atoms with Crippen molar-refractivity contribution in [2.75, 3.05) is 13.7 Å². The van der Waals surface area contributed by atoms with Crippen LogP contribution in [0.1, 0.15) is 34.2 Å². The maximum absolute atomic E-state index is 13.8. The van der Waals surface area contributed by atoms with Crippen molar-refractivity contribution in [1.29, 1.82) is 5.26 Å². The normalized spacial score (nSPS) is 13.9. The van der Waals surface area contributed by atoms with E-state index in [0.717, 1.165) is 5.56 Å². The second kappa shape index (κ2) is 9.90. The number of aromatic nitrogens is 1. The number of nitrogens with zero attached hydrogens (tertiary/aromatic N) is 3. The van der Waals surface area contributed by atoms with Crippen LogP contribution in [-0.2, 0) is 16.9 Å². The van der Waals surface area contributed by atoms with E-state index in [1.54, 1.807) is 42.2 Å². The summed E-state index contributed by atoms with van der Waals surface area (Å²) in [6.45, 7) is 2.00. The fourth-order valence-electron chi connectivity index (χ4n) is 4.62. The smallest absolute Gasteiger partial charge is 0.322 e. The Morgan fingerprint density at radius 3 is 2.82 bits per heavy atom. The molecule has 0 aliphatic carbocycles. The number of ether oxygens (including phenoxy) is 1. The van der Waals surface area contributed by atoms with E-state index in [0.29, 0.717) is 46.0 Å². The van der Waals surface area contributed by atoms with Crippen LogP contribution in [0.15, 0.2) is 59.0 Å². The van der Waals surface area contributed by atoms with E-state index in [9.17, 15) is 18.8 Å². The number of hydrogen-bond acceptors (Lipinski definition) is 7. The molecule has 39 heavy (non-hydrogen) atoms. The summed E-state index contributed by atoms with van der Waals surface area (Å²) in [6.07, 6.45) is 0.254. The van der Waals surface area contributed by atoms with Gasteiger partial charge in [-0.25, -0.2) is 14.2 Å². The Labute approximate surface area is 222 Å². The number of urea groups is 1. The average Bonchev–Trinajstić information content (AvgIpc) is 3.49. The number of rotatable bonds is 7. The number of benzene rings is 2. The summed E-state index contributed by atoms with van der Waals surface area (Å²) in [6, 6.07) is 15.4. The first kappa shape index (κ1) is 25.4. The summed E-state index contributed by atoms with van der Waals surface area (Å²) < 4.78 is 25.1. The van der Waals surface area contributed by atoms with Crippen molar-refractivity contribution >= 4 is 29.4 Å². The highest BCUT2D eigenvalue weighted by Gasteiger charge is 2.39. The third-order valence-corrected chi connectivity index (χ3v) is 6.58. The van der Waals surface area contributed by atoms with E-state index < -0.39 is 17.4 Å². The van der Waals surface area contributed by atoms with Gasteiger partial charge in [-0.3, -0.25) is 14.9 Å². The first-order valence-electron chi connectivity index (χ1n) is 11.8. The molecular formula is C28H22FN5O5. The zero-order valence-corrected chi connectivity index (χ0v) is 20.9. The fraction of sp³-hybridized carbons (Fsp3) is 0.179. The van der Waals surface area contributed by atoms with Gasteiger partial charge < -0.3 is 19.4 Å². The van der Waals surface area contributed by atoms with Gasteiger partial charge in [0.15, 0.2) is 5.58 Å². The van der Waals surface area contributed by atoms with Gasteiger partial charge >= 0.3 is 6.03 Å². The molecule has 5 rings (SSSR count). The molecule has 0 fully saturated rings. The Morgan fingerprint density at radius 1 is 1.26 bits per heavy atom. The number of halogens is 1. The molecule has 11 heteroatoms. The molecule has 0 spiro atoms. The van der Waals surface area contributed by atoms with Gasteiger partial charge in [0.05, 0.1) is 24.9 Å². The van der Waals surface area contributed by atoms with E-state index in [1.807, 2.05) is 12.1 Å². The average molecular weight is 528 g/mol. The van der Waals surface area contributed by atoms with Gasteiger partial charge in [-0.1, -0.05) is 6.07 Å². The lowest BCUT2D eigenvalue weighted by Crippen LogP contribution is -2.53. The summed E-state index contributed by atoms with van der Waals surface area (Å²) in [5, 5.41) is 14.0. The number of carbonyl (C=O) groups is 3. The van der Waals surface area contributed by atoms with Gasteiger partial charge in [-0.2, -0.15) is 5.26 Å².